The minimum Gasteiger partial charge on any atom is -0.390 e. The largest absolute Gasteiger partial charge is 0.390 e. The van der Waals surface area contributed by atoms with Crippen LogP contribution in [0.15, 0.2) is 0 Å². The molecule has 3 rings (SSSR count). The van der Waals surface area contributed by atoms with Gasteiger partial charge in [0.05, 0.1) is 29.7 Å². The lowest BCUT2D eigenvalue weighted by atomic mass is 9.83. The molecule has 180 valence electrons. The van der Waals surface area contributed by atoms with Crippen LogP contribution in [0.3, 0.4) is 0 Å². The second-order valence-corrected chi connectivity index (χ2v) is 11.4. The van der Waals surface area contributed by atoms with E-state index < -0.39 is 35.2 Å². The molecule has 1 unspecified atom stereocenters. The minimum atomic E-state index is -0.955. The van der Waals surface area contributed by atoms with Crippen molar-refractivity contribution in [2.45, 2.75) is 87.3 Å². The van der Waals surface area contributed by atoms with Crippen LogP contribution >= 0.6 is 23.4 Å². The molecular weight excluding hydrogens is 440 g/mol. The Balaban J connectivity index is 1.71. The van der Waals surface area contributed by atoms with Gasteiger partial charge in [-0.15, -0.1) is 23.4 Å². The molecule has 3 fully saturated rings. The van der Waals surface area contributed by atoms with Crippen LogP contribution in [0.1, 0.15) is 40.0 Å². The molecule has 3 N–H and O–H groups in total. The van der Waals surface area contributed by atoms with Gasteiger partial charge in [-0.1, -0.05) is 13.8 Å². The number of aliphatic hydroxyl groups excluding tert-OH is 2. The zero-order chi connectivity index (χ0) is 22.9. The number of halogens is 1. The number of carbonyl (C=O) groups excluding carboxylic acids is 1. The van der Waals surface area contributed by atoms with Crippen molar-refractivity contribution in [1.29, 1.82) is 0 Å². The average molecular weight is 479 g/mol. The average Bonchev–Trinajstić information content (AvgIpc) is 2.87. The summed E-state index contributed by atoms with van der Waals surface area (Å²) in [6, 6.07) is -0.850. The number of hydrogen-bond donors (Lipinski definition) is 3. The smallest absolute Gasteiger partial charge is 0.240 e. The number of likely N-dealkylation sites (tertiary alicyclic amines) is 1. The molecule has 0 saturated carbocycles. The lowest BCUT2D eigenvalue weighted by Crippen LogP contribution is -2.59. The summed E-state index contributed by atoms with van der Waals surface area (Å²) in [6.07, 6.45) is 1.69. The number of ether oxygens (including phenoxy) is 2. The van der Waals surface area contributed by atoms with Crippen LogP contribution in [0.4, 0.5) is 0 Å². The number of amides is 1. The van der Waals surface area contributed by atoms with E-state index in [0.717, 1.165) is 19.4 Å². The maximum absolute atomic E-state index is 13.4. The zero-order valence-electron chi connectivity index (χ0n) is 19.2. The fourth-order valence-corrected chi connectivity index (χ4v) is 6.33. The van der Waals surface area contributed by atoms with Crippen LogP contribution < -0.4 is 5.32 Å². The molecule has 0 radical (unpaired) electrons. The van der Waals surface area contributed by atoms with Crippen LogP contribution in [0.2, 0.25) is 0 Å². The molecule has 31 heavy (non-hydrogen) atoms. The summed E-state index contributed by atoms with van der Waals surface area (Å²) < 4.78 is 12.2. The minimum absolute atomic E-state index is 0.111. The van der Waals surface area contributed by atoms with Crippen LogP contribution in [0, 0.1) is 17.8 Å². The second-order valence-electron chi connectivity index (χ2n) is 9.79. The van der Waals surface area contributed by atoms with Gasteiger partial charge in [0.25, 0.3) is 0 Å². The third-order valence-corrected chi connectivity index (χ3v) is 8.41. The Morgan fingerprint density at radius 3 is 2.58 bits per heavy atom. The van der Waals surface area contributed by atoms with Gasteiger partial charge >= 0.3 is 0 Å². The van der Waals surface area contributed by atoms with Crippen molar-refractivity contribution in [3.8, 4) is 0 Å². The van der Waals surface area contributed by atoms with E-state index in [4.69, 9.17) is 21.1 Å². The lowest BCUT2D eigenvalue weighted by molar-refractivity contribution is -0.149. The standard InChI is InChI=1S/C22H39ClN2O5S/c1-11(2)13-6-7-29-20-14(8-13)10-25(4)18(20)21(28)24-17(12(3)23)16-9-15(26)19(27)22(30-16)31-5/h11-20,22,26-27H,6-10H2,1-5H3,(H,24,28)/t12-,13+,14-,15+,16-,17+,18-,19+,20+,22?/m0/s1. The first kappa shape index (κ1) is 25.5. The number of likely N-dealkylation sites (N-methyl/N-ethyl adjacent to an activating group) is 1. The van der Waals surface area contributed by atoms with Crippen molar-refractivity contribution < 1.29 is 24.5 Å². The van der Waals surface area contributed by atoms with E-state index in [9.17, 15) is 15.0 Å². The summed E-state index contributed by atoms with van der Waals surface area (Å²) in [6.45, 7) is 7.86. The third kappa shape index (κ3) is 5.70. The molecule has 7 nitrogen and oxygen atoms in total. The highest BCUT2D eigenvalue weighted by molar-refractivity contribution is 7.99. The van der Waals surface area contributed by atoms with Crippen LogP contribution in [-0.4, -0.2) is 94.8 Å². The normalized spacial score (nSPS) is 41.5. The molecule has 1 amide bonds. The first-order valence-electron chi connectivity index (χ1n) is 11.4. The maximum atomic E-state index is 13.4. The van der Waals surface area contributed by atoms with Crippen molar-refractivity contribution in [1.82, 2.24) is 10.2 Å². The van der Waals surface area contributed by atoms with E-state index >= 15 is 0 Å². The number of thioether (sulfide) groups is 1. The quantitative estimate of drug-likeness (QED) is 0.500. The zero-order valence-corrected chi connectivity index (χ0v) is 20.8. The van der Waals surface area contributed by atoms with E-state index in [1.54, 1.807) is 0 Å². The summed E-state index contributed by atoms with van der Waals surface area (Å²) in [7, 11) is 1.98. The number of rotatable bonds is 6. The maximum Gasteiger partial charge on any atom is 0.240 e. The highest BCUT2D eigenvalue weighted by Crippen LogP contribution is 2.37. The third-order valence-electron chi connectivity index (χ3n) is 7.28. The van der Waals surface area contributed by atoms with Crippen LogP contribution in [0.25, 0.3) is 0 Å². The van der Waals surface area contributed by atoms with Crippen molar-refractivity contribution in [2.75, 3.05) is 26.5 Å². The molecule has 0 bridgehead atoms. The highest BCUT2D eigenvalue weighted by atomic mass is 35.5. The van der Waals surface area contributed by atoms with Crippen molar-refractivity contribution in [3.05, 3.63) is 0 Å². The summed E-state index contributed by atoms with van der Waals surface area (Å²) in [5.74, 6) is 1.45. The number of nitrogens with zero attached hydrogens (tertiary/aromatic N) is 1. The summed E-state index contributed by atoms with van der Waals surface area (Å²) in [5.41, 5.74) is -0.555. The van der Waals surface area contributed by atoms with E-state index in [-0.39, 0.29) is 24.5 Å². The molecular formula is C22H39ClN2O5S. The predicted molar refractivity (Wildman–Crippen MR) is 123 cm³/mol. The molecule has 10 atom stereocenters. The van der Waals surface area contributed by atoms with Crippen molar-refractivity contribution in [2.24, 2.45) is 17.8 Å². The highest BCUT2D eigenvalue weighted by Gasteiger charge is 2.48. The SMILES string of the molecule is CSC1O[C@H]([C@H](NC(=O)[C@@H]2[C@@H]3OCC[C@@H](C(C)C)C[C@H]3CN2C)[C@H](C)Cl)C[C@@H](O)[C@H]1O. The number of nitrogens with one attached hydrogen (secondary N) is 1. The van der Waals surface area contributed by atoms with Gasteiger partial charge in [-0.2, -0.15) is 0 Å². The number of hydrogen-bond acceptors (Lipinski definition) is 7. The van der Waals surface area contributed by atoms with Crippen LogP contribution in [0.5, 0.6) is 0 Å². The Morgan fingerprint density at radius 2 is 1.97 bits per heavy atom. The van der Waals surface area contributed by atoms with E-state index in [1.165, 1.54) is 11.8 Å². The van der Waals surface area contributed by atoms with Gasteiger partial charge in [0, 0.05) is 25.5 Å². The van der Waals surface area contributed by atoms with Gasteiger partial charge in [-0.05, 0) is 44.9 Å². The molecule has 0 aromatic carbocycles. The van der Waals surface area contributed by atoms with E-state index in [1.807, 2.05) is 20.2 Å². The Labute approximate surface area is 195 Å². The van der Waals surface area contributed by atoms with Crippen molar-refractivity contribution >= 4 is 29.3 Å². The van der Waals surface area contributed by atoms with Gasteiger partial charge in [0.2, 0.25) is 5.91 Å². The molecule has 0 spiro atoms. The Morgan fingerprint density at radius 1 is 1.26 bits per heavy atom. The Bertz CT molecular complexity index is 612. The summed E-state index contributed by atoms with van der Waals surface area (Å²) in [5, 5.41) is 23.1. The van der Waals surface area contributed by atoms with E-state index in [2.05, 4.69) is 24.1 Å². The van der Waals surface area contributed by atoms with Gasteiger partial charge in [0.15, 0.2) is 0 Å². The number of fused-ring (bicyclic) bond motifs is 1. The van der Waals surface area contributed by atoms with Crippen molar-refractivity contribution in [3.63, 3.8) is 0 Å². The molecule has 0 aromatic heterocycles. The number of aliphatic hydroxyl groups is 2. The fraction of sp³-hybridized carbons (Fsp3) is 0.955. The Hall–Kier alpha value is -0.0900. The molecule has 3 heterocycles. The number of carbonyl (C=O) groups is 1. The topological polar surface area (TPSA) is 91.3 Å². The molecule has 3 aliphatic heterocycles. The fourth-order valence-electron chi connectivity index (χ4n) is 5.40. The lowest BCUT2D eigenvalue weighted by Gasteiger charge is -2.41. The predicted octanol–water partition coefficient (Wildman–Crippen LogP) is 1.68. The first-order chi connectivity index (χ1) is 14.6. The van der Waals surface area contributed by atoms with Crippen LogP contribution in [-0.2, 0) is 14.3 Å². The summed E-state index contributed by atoms with van der Waals surface area (Å²) in [4.78, 5) is 15.5. The van der Waals surface area contributed by atoms with E-state index in [0.29, 0.717) is 24.4 Å². The monoisotopic (exact) mass is 478 g/mol. The molecule has 0 aliphatic carbocycles. The number of alkyl halides is 1. The van der Waals surface area contributed by atoms with Gasteiger partial charge in [0.1, 0.15) is 17.6 Å². The first-order valence-corrected chi connectivity index (χ1v) is 13.2. The Kier molecular flexibility index (Phi) is 8.97. The second kappa shape index (κ2) is 10.9. The molecule has 9 heteroatoms. The van der Waals surface area contributed by atoms with Gasteiger partial charge in [-0.3, -0.25) is 9.69 Å². The molecule has 0 aromatic rings. The summed E-state index contributed by atoms with van der Waals surface area (Å²) >= 11 is 7.80. The van der Waals surface area contributed by atoms with Gasteiger partial charge in [-0.25, -0.2) is 0 Å². The van der Waals surface area contributed by atoms with Gasteiger partial charge < -0.3 is 25.0 Å². The molecule has 3 saturated heterocycles. The molecule has 3 aliphatic rings.